The third-order valence-electron chi connectivity index (χ3n) is 5.42. The Morgan fingerprint density at radius 3 is 2.39 bits per heavy atom. The smallest absolute Gasteiger partial charge is 0.475 e. The number of rotatable bonds is 7. The second-order valence-electron chi connectivity index (χ2n) is 8.23. The maximum absolute atomic E-state index is 12.7. The van der Waals surface area contributed by atoms with Crippen LogP contribution in [0.2, 0.25) is 0 Å². The van der Waals surface area contributed by atoms with Crippen LogP contribution in [0.4, 0.5) is 13.2 Å². The lowest BCUT2D eigenvalue weighted by Crippen LogP contribution is -2.43. The van der Waals surface area contributed by atoms with Gasteiger partial charge in [-0.1, -0.05) is 50.2 Å². The summed E-state index contributed by atoms with van der Waals surface area (Å²) in [5.74, 6) is -2.22. The number of fused-ring (bicyclic) bond motifs is 1. The molecule has 1 aliphatic heterocycles. The van der Waals surface area contributed by atoms with E-state index in [1.54, 1.807) is 18.2 Å². The van der Waals surface area contributed by atoms with Gasteiger partial charge in [-0.15, -0.1) is 0 Å². The zero-order valence-corrected chi connectivity index (χ0v) is 19.2. The fourth-order valence-electron chi connectivity index (χ4n) is 3.88. The van der Waals surface area contributed by atoms with Gasteiger partial charge in [-0.25, -0.2) is 17.9 Å². The molecule has 0 amide bonds. The summed E-state index contributed by atoms with van der Waals surface area (Å²) >= 11 is 0. The van der Waals surface area contributed by atoms with E-state index in [1.165, 1.54) is 0 Å². The Balaban J connectivity index is 0.000000479. The first kappa shape index (κ1) is 27.0. The molecule has 3 rings (SSSR count). The van der Waals surface area contributed by atoms with Crippen LogP contribution >= 0.6 is 0 Å². The average Bonchev–Trinajstić information content (AvgIpc) is 3.20. The van der Waals surface area contributed by atoms with Crippen LogP contribution < -0.4 is 4.72 Å². The number of carboxylic acids is 1. The first-order valence-electron chi connectivity index (χ1n) is 10.5. The van der Waals surface area contributed by atoms with Gasteiger partial charge in [0.25, 0.3) is 0 Å². The summed E-state index contributed by atoms with van der Waals surface area (Å²) < 4.78 is 59.8. The van der Waals surface area contributed by atoms with E-state index in [-0.39, 0.29) is 11.4 Å². The number of alkyl halides is 3. The Hall–Kier alpha value is -2.21. The van der Waals surface area contributed by atoms with E-state index < -0.39 is 28.3 Å². The molecular weight excluding hydrogens is 461 g/mol. The van der Waals surface area contributed by atoms with Crippen LogP contribution in [0.5, 0.6) is 0 Å². The summed E-state index contributed by atoms with van der Waals surface area (Å²) in [5.41, 5.74) is 0. The fraction of sp³-hybridized carbons (Fsp3) is 0.500. The zero-order valence-electron chi connectivity index (χ0n) is 18.4. The van der Waals surface area contributed by atoms with Gasteiger partial charge in [0, 0.05) is 24.5 Å². The van der Waals surface area contributed by atoms with E-state index in [4.69, 9.17) is 9.90 Å². The minimum absolute atomic E-state index is 0.0207. The molecule has 0 spiro atoms. The van der Waals surface area contributed by atoms with Crippen molar-refractivity contribution < 1.29 is 36.6 Å². The number of halogens is 3. The molecule has 33 heavy (non-hydrogen) atoms. The number of likely N-dealkylation sites (tertiary alicyclic amines) is 1. The highest BCUT2D eigenvalue weighted by Gasteiger charge is 2.38. The molecular formula is C22H29F3N2O5S. The molecule has 7 nitrogen and oxygen atoms in total. The number of carboxylic acid groups (broad SMARTS) is 1. The number of aliphatic carboxylic acids is 1. The van der Waals surface area contributed by atoms with Crippen molar-refractivity contribution in [2.75, 3.05) is 19.6 Å². The van der Waals surface area contributed by atoms with Gasteiger partial charge in [-0.3, -0.25) is 4.90 Å². The number of sulfonamides is 1. The van der Waals surface area contributed by atoms with Gasteiger partial charge in [0.1, 0.15) is 0 Å². The lowest BCUT2D eigenvalue weighted by atomic mass is 10.0. The molecule has 2 atom stereocenters. The predicted octanol–water partition coefficient (Wildman–Crippen LogP) is 3.23. The van der Waals surface area contributed by atoms with Gasteiger partial charge in [-0.2, -0.15) is 13.2 Å². The molecule has 1 heterocycles. The van der Waals surface area contributed by atoms with Crippen molar-refractivity contribution in [1.29, 1.82) is 0 Å². The number of hydrogen-bond donors (Lipinski definition) is 3. The Labute approximate surface area is 191 Å². The molecule has 184 valence electrons. The summed E-state index contributed by atoms with van der Waals surface area (Å²) in [6.45, 7) is 5.88. The van der Waals surface area contributed by atoms with E-state index in [9.17, 15) is 26.7 Å². The second-order valence-corrected chi connectivity index (χ2v) is 9.97. The monoisotopic (exact) mass is 490 g/mol. The van der Waals surface area contributed by atoms with Gasteiger partial charge in [0.15, 0.2) is 0 Å². The predicted molar refractivity (Wildman–Crippen MR) is 118 cm³/mol. The lowest BCUT2D eigenvalue weighted by Gasteiger charge is -2.29. The minimum atomic E-state index is -5.08. The van der Waals surface area contributed by atoms with Crippen LogP contribution in [0.3, 0.4) is 0 Å². The van der Waals surface area contributed by atoms with Crippen molar-refractivity contribution in [1.82, 2.24) is 9.62 Å². The molecule has 0 aromatic heterocycles. The molecule has 2 aromatic rings. The van der Waals surface area contributed by atoms with Crippen LogP contribution in [-0.2, 0) is 14.8 Å². The summed E-state index contributed by atoms with van der Waals surface area (Å²) in [6.07, 6.45) is -3.53. The number of benzene rings is 2. The topological polar surface area (TPSA) is 107 Å². The number of carbonyl (C=O) groups is 1. The maximum atomic E-state index is 12.7. The van der Waals surface area contributed by atoms with Crippen LogP contribution in [-0.4, -0.2) is 67.5 Å². The fourth-order valence-corrected chi connectivity index (χ4v) is 5.18. The molecule has 0 aliphatic carbocycles. The SMILES string of the molecule is CC(C)C1CCCN1C[C@@H](O)CNS(=O)(=O)c1cccc2ccccc12.O=C(O)C(F)(F)F. The summed E-state index contributed by atoms with van der Waals surface area (Å²) in [5, 5.41) is 19.1. The molecule has 0 bridgehead atoms. The molecule has 2 aromatic carbocycles. The number of β-amino-alcohol motifs (C(OH)–C–C–N with tert-alkyl or cyclic N) is 1. The Morgan fingerprint density at radius 2 is 1.79 bits per heavy atom. The number of aliphatic hydroxyl groups excluding tert-OH is 1. The Kier molecular flexibility index (Phi) is 9.24. The number of nitrogens with zero attached hydrogens (tertiary/aromatic N) is 1. The third-order valence-corrected chi connectivity index (χ3v) is 6.90. The first-order valence-corrected chi connectivity index (χ1v) is 12.0. The molecule has 3 N–H and O–H groups in total. The molecule has 1 saturated heterocycles. The van der Waals surface area contributed by atoms with E-state index >= 15 is 0 Å². The lowest BCUT2D eigenvalue weighted by molar-refractivity contribution is -0.192. The highest BCUT2D eigenvalue weighted by molar-refractivity contribution is 7.89. The Bertz CT molecular complexity index is 1040. The van der Waals surface area contributed by atoms with E-state index in [2.05, 4.69) is 23.5 Å². The van der Waals surface area contributed by atoms with Crippen molar-refractivity contribution in [2.24, 2.45) is 5.92 Å². The van der Waals surface area contributed by atoms with E-state index in [0.29, 0.717) is 23.9 Å². The molecule has 1 aliphatic rings. The van der Waals surface area contributed by atoms with Crippen molar-refractivity contribution in [3.8, 4) is 0 Å². The van der Waals surface area contributed by atoms with E-state index in [1.807, 2.05) is 24.3 Å². The number of hydrogen-bond acceptors (Lipinski definition) is 5. The molecule has 1 unspecified atom stereocenters. The molecule has 11 heteroatoms. The Morgan fingerprint density at radius 1 is 1.18 bits per heavy atom. The van der Waals surface area contributed by atoms with Crippen molar-refractivity contribution >= 4 is 26.8 Å². The third kappa shape index (κ3) is 7.66. The van der Waals surface area contributed by atoms with Crippen LogP contribution in [0.15, 0.2) is 47.4 Å². The number of aliphatic hydroxyl groups is 1. The highest BCUT2D eigenvalue weighted by Crippen LogP contribution is 2.24. The van der Waals surface area contributed by atoms with Crippen LogP contribution in [0.25, 0.3) is 10.8 Å². The summed E-state index contributed by atoms with van der Waals surface area (Å²) in [7, 11) is -3.67. The number of nitrogens with one attached hydrogen (secondary N) is 1. The van der Waals surface area contributed by atoms with Crippen molar-refractivity contribution in [2.45, 2.75) is 49.9 Å². The second kappa shape index (κ2) is 11.3. The molecule has 1 fully saturated rings. The van der Waals surface area contributed by atoms with Gasteiger partial charge < -0.3 is 10.2 Å². The molecule has 0 radical (unpaired) electrons. The normalized spacial score (nSPS) is 18.2. The van der Waals surface area contributed by atoms with Gasteiger partial charge in [0.2, 0.25) is 10.0 Å². The van der Waals surface area contributed by atoms with Gasteiger partial charge >= 0.3 is 12.1 Å². The summed E-state index contributed by atoms with van der Waals surface area (Å²) in [6, 6.07) is 13.1. The average molecular weight is 491 g/mol. The van der Waals surface area contributed by atoms with Crippen LogP contribution in [0.1, 0.15) is 26.7 Å². The maximum Gasteiger partial charge on any atom is 0.490 e. The standard InChI is InChI=1S/C20H28N2O3S.C2HF3O2/c1-15(2)19-10-6-12-22(19)14-17(23)13-21-26(24,25)20-11-5-8-16-7-3-4-9-18(16)20;3-2(4,5)1(6)7/h3-5,7-9,11,15,17,19,21,23H,6,10,12-14H2,1-2H3;(H,6,7)/t17-,19?;/m0./s1. The first-order chi connectivity index (χ1) is 15.3. The van der Waals surface area contributed by atoms with Crippen molar-refractivity contribution in [3.63, 3.8) is 0 Å². The largest absolute Gasteiger partial charge is 0.490 e. The quantitative estimate of drug-likeness (QED) is 0.550. The highest BCUT2D eigenvalue weighted by atomic mass is 32.2. The van der Waals surface area contributed by atoms with Crippen LogP contribution in [0, 0.1) is 5.92 Å². The summed E-state index contributed by atoms with van der Waals surface area (Å²) in [4.78, 5) is 11.4. The van der Waals surface area contributed by atoms with Gasteiger partial charge in [0.05, 0.1) is 11.0 Å². The zero-order chi connectivity index (χ0) is 24.8. The molecule has 0 saturated carbocycles. The van der Waals surface area contributed by atoms with E-state index in [0.717, 1.165) is 24.8 Å². The van der Waals surface area contributed by atoms with Crippen molar-refractivity contribution in [3.05, 3.63) is 42.5 Å². The van der Waals surface area contributed by atoms with Gasteiger partial charge in [-0.05, 0) is 36.8 Å². The minimum Gasteiger partial charge on any atom is -0.475 e.